The number of fused-ring (bicyclic) bond motifs is 1. The molecule has 3 aromatic rings. The van der Waals surface area contributed by atoms with E-state index < -0.39 is 6.10 Å². The molecule has 0 saturated carbocycles. The number of aromatic nitrogens is 2. The summed E-state index contributed by atoms with van der Waals surface area (Å²) in [6, 6.07) is 14.5. The zero-order chi connectivity index (χ0) is 15.1. The van der Waals surface area contributed by atoms with Crippen LogP contribution < -0.4 is 0 Å². The number of benzene rings is 2. The Balaban J connectivity index is 1.68. The van der Waals surface area contributed by atoms with Crippen LogP contribution in [0.1, 0.15) is 18.2 Å². The third-order valence-corrected chi connectivity index (χ3v) is 4.17. The molecule has 1 unspecified atom stereocenters. The molecular formula is C18H15FN2O. The van der Waals surface area contributed by atoms with Gasteiger partial charge in [0, 0.05) is 12.1 Å². The quantitative estimate of drug-likeness (QED) is 0.781. The Morgan fingerprint density at radius 3 is 2.23 bits per heavy atom. The zero-order valence-corrected chi connectivity index (χ0v) is 11.9. The van der Waals surface area contributed by atoms with Crippen molar-refractivity contribution in [2.45, 2.75) is 19.1 Å². The van der Waals surface area contributed by atoms with Crippen molar-refractivity contribution in [2.75, 3.05) is 0 Å². The molecule has 0 fully saturated rings. The lowest BCUT2D eigenvalue weighted by Crippen LogP contribution is -1.96. The van der Waals surface area contributed by atoms with E-state index in [2.05, 4.69) is 9.55 Å². The van der Waals surface area contributed by atoms with Gasteiger partial charge >= 0.3 is 0 Å². The van der Waals surface area contributed by atoms with Gasteiger partial charge in [-0.3, -0.25) is 0 Å². The number of hydrogen-bond acceptors (Lipinski definition) is 2. The third-order valence-electron chi connectivity index (χ3n) is 4.17. The average molecular weight is 294 g/mol. The lowest BCUT2D eigenvalue weighted by Gasteiger charge is -2.06. The molecule has 0 spiro atoms. The monoisotopic (exact) mass is 294 g/mol. The van der Waals surface area contributed by atoms with Gasteiger partial charge in [0.05, 0.1) is 18.0 Å². The van der Waals surface area contributed by atoms with Gasteiger partial charge < -0.3 is 9.67 Å². The van der Waals surface area contributed by atoms with Crippen molar-refractivity contribution in [3.05, 3.63) is 66.2 Å². The van der Waals surface area contributed by atoms with Gasteiger partial charge in [-0.25, -0.2) is 9.37 Å². The third kappa shape index (κ3) is 2.12. The zero-order valence-electron chi connectivity index (χ0n) is 11.9. The lowest BCUT2D eigenvalue weighted by molar-refractivity contribution is 0.179. The molecule has 0 saturated heterocycles. The highest BCUT2D eigenvalue weighted by molar-refractivity contribution is 5.68. The SMILES string of the molecule is OC1CCn2c1cnc2-c1ccc(-c2ccc(F)cc2)cc1. The van der Waals surface area contributed by atoms with Crippen LogP contribution in [-0.4, -0.2) is 14.7 Å². The first-order chi connectivity index (χ1) is 10.7. The van der Waals surface area contributed by atoms with Crippen LogP contribution in [0.3, 0.4) is 0 Å². The minimum atomic E-state index is -0.403. The van der Waals surface area contributed by atoms with Crippen molar-refractivity contribution in [3.63, 3.8) is 0 Å². The highest BCUT2D eigenvalue weighted by Crippen LogP contribution is 2.31. The first kappa shape index (κ1) is 13.2. The number of nitrogens with zero attached hydrogens (tertiary/aromatic N) is 2. The molecule has 1 atom stereocenters. The van der Waals surface area contributed by atoms with Gasteiger partial charge in [-0.05, 0) is 29.7 Å². The van der Waals surface area contributed by atoms with Crippen LogP contribution in [0.4, 0.5) is 4.39 Å². The molecule has 0 radical (unpaired) electrons. The van der Waals surface area contributed by atoms with E-state index in [-0.39, 0.29) is 5.82 Å². The molecule has 1 N–H and O–H groups in total. The second-order valence-electron chi connectivity index (χ2n) is 5.55. The molecule has 2 heterocycles. The number of aliphatic hydroxyl groups is 1. The fraction of sp³-hybridized carbons (Fsp3) is 0.167. The molecule has 1 aliphatic rings. The van der Waals surface area contributed by atoms with E-state index in [4.69, 9.17) is 0 Å². The van der Waals surface area contributed by atoms with Gasteiger partial charge in [-0.2, -0.15) is 0 Å². The lowest BCUT2D eigenvalue weighted by atomic mass is 10.0. The van der Waals surface area contributed by atoms with Gasteiger partial charge in [0.1, 0.15) is 11.6 Å². The highest BCUT2D eigenvalue weighted by Gasteiger charge is 2.23. The average Bonchev–Trinajstić information content (AvgIpc) is 3.12. The maximum atomic E-state index is 13.0. The summed E-state index contributed by atoms with van der Waals surface area (Å²) in [6.45, 7) is 0.797. The molecular weight excluding hydrogens is 279 g/mol. The summed E-state index contributed by atoms with van der Waals surface area (Å²) in [4.78, 5) is 4.43. The molecule has 0 bridgehead atoms. The van der Waals surface area contributed by atoms with Crippen molar-refractivity contribution in [2.24, 2.45) is 0 Å². The Kier molecular flexibility index (Phi) is 3.05. The van der Waals surface area contributed by atoms with Crippen molar-refractivity contribution in [1.82, 2.24) is 9.55 Å². The highest BCUT2D eigenvalue weighted by atomic mass is 19.1. The van der Waals surface area contributed by atoms with Crippen LogP contribution in [0.15, 0.2) is 54.7 Å². The summed E-state index contributed by atoms with van der Waals surface area (Å²) in [7, 11) is 0. The first-order valence-corrected chi connectivity index (χ1v) is 7.32. The van der Waals surface area contributed by atoms with E-state index >= 15 is 0 Å². The molecule has 2 aromatic carbocycles. The number of aliphatic hydroxyl groups excluding tert-OH is 1. The predicted octanol–water partition coefficient (Wildman–Crippen LogP) is 3.79. The molecule has 1 aliphatic heterocycles. The predicted molar refractivity (Wildman–Crippen MR) is 82.6 cm³/mol. The maximum absolute atomic E-state index is 13.0. The second-order valence-corrected chi connectivity index (χ2v) is 5.55. The normalized spacial score (nSPS) is 16.7. The Bertz CT molecular complexity index is 806. The summed E-state index contributed by atoms with van der Waals surface area (Å²) in [6.07, 6.45) is 2.10. The second kappa shape index (κ2) is 5.07. The van der Waals surface area contributed by atoms with Crippen LogP contribution in [0, 0.1) is 5.82 Å². The van der Waals surface area contributed by atoms with E-state index in [1.54, 1.807) is 18.3 Å². The molecule has 1 aromatic heterocycles. The Labute approximate surface area is 127 Å². The molecule has 110 valence electrons. The van der Waals surface area contributed by atoms with Crippen LogP contribution in [-0.2, 0) is 6.54 Å². The maximum Gasteiger partial charge on any atom is 0.140 e. The van der Waals surface area contributed by atoms with Crippen LogP contribution in [0.25, 0.3) is 22.5 Å². The standard InChI is InChI=1S/C18H15FN2O/c19-15-7-5-13(6-8-15)12-1-3-14(4-2-12)18-20-11-16-17(22)9-10-21(16)18/h1-8,11,17,22H,9-10H2. The van der Waals surface area contributed by atoms with Gasteiger partial charge in [0.2, 0.25) is 0 Å². The molecule has 22 heavy (non-hydrogen) atoms. The van der Waals surface area contributed by atoms with E-state index in [1.165, 1.54) is 12.1 Å². The first-order valence-electron chi connectivity index (χ1n) is 7.32. The van der Waals surface area contributed by atoms with Crippen LogP contribution in [0.2, 0.25) is 0 Å². The molecule has 0 aliphatic carbocycles. The Morgan fingerprint density at radius 2 is 1.55 bits per heavy atom. The van der Waals surface area contributed by atoms with E-state index in [0.29, 0.717) is 0 Å². The summed E-state index contributed by atoms with van der Waals surface area (Å²) >= 11 is 0. The number of hydrogen-bond donors (Lipinski definition) is 1. The fourth-order valence-electron chi connectivity index (χ4n) is 2.97. The number of halogens is 1. The Hall–Kier alpha value is -2.46. The summed E-state index contributed by atoms with van der Waals surface area (Å²) in [5.41, 5.74) is 3.93. The number of rotatable bonds is 2. The van der Waals surface area contributed by atoms with E-state index in [9.17, 15) is 9.50 Å². The minimum Gasteiger partial charge on any atom is -0.387 e. The smallest absolute Gasteiger partial charge is 0.140 e. The van der Waals surface area contributed by atoms with Crippen LogP contribution >= 0.6 is 0 Å². The Morgan fingerprint density at radius 1 is 0.955 bits per heavy atom. The van der Waals surface area contributed by atoms with Gasteiger partial charge in [0.25, 0.3) is 0 Å². The molecule has 3 nitrogen and oxygen atoms in total. The van der Waals surface area contributed by atoms with Crippen molar-refractivity contribution >= 4 is 0 Å². The van der Waals surface area contributed by atoms with Crippen molar-refractivity contribution < 1.29 is 9.50 Å². The molecule has 4 rings (SSSR count). The van der Waals surface area contributed by atoms with Crippen molar-refractivity contribution in [3.8, 4) is 22.5 Å². The van der Waals surface area contributed by atoms with Crippen molar-refractivity contribution in [1.29, 1.82) is 0 Å². The van der Waals surface area contributed by atoms with E-state index in [1.807, 2.05) is 24.3 Å². The molecule has 4 heteroatoms. The van der Waals surface area contributed by atoms with Gasteiger partial charge in [-0.15, -0.1) is 0 Å². The summed E-state index contributed by atoms with van der Waals surface area (Å²) in [5, 5.41) is 9.87. The summed E-state index contributed by atoms with van der Waals surface area (Å²) < 4.78 is 15.0. The fourth-order valence-corrected chi connectivity index (χ4v) is 2.97. The minimum absolute atomic E-state index is 0.230. The summed E-state index contributed by atoms with van der Waals surface area (Å²) in [5.74, 6) is 0.657. The van der Waals surface area contributed by atoms with Gasteiger partial charge in [0.15, 0.2) is 0 Å². The van der Waals surface area contributed by atoms with Gasteiger partial charge in [-0.1, -0.05) is 36.4 Å². The van der Waals surface area contributed by atoms with E-state index in [0.717, 1.165) is 41.2 Å². The largest absolute Gasteiger partial charge is 0.387 e. The van der Waals surface area contributed by atoms with Crippen LogP contribution in [0.5, 0.6) is 0 Å². The number of imidazole rings is 1. The molecule has 0 amide bonds. The topological polar surface area (TPSA) is 38.0 Å².